The van der Waals surface area contributed by atoms with Crippen LogP contribution in [0.5, 0.6) is 0 Å². The quantitative estimate of drug-likeness (QED) is 0.172. The molecule has 246 valence electrons. The van der Waals surface area contributed by atoms with Crippen molar-refractivity contribution >= 4 is 39.1 Å². The molecular formula is C38H42ClN3O4S. The lowest BCUT2D eigenvalue weighted by molar-refractivity contribution is -0.140. The molecule has 2 amide bonds. The number of sulfonamides is 1. The summed E-state index contributed by atoms with van der Waals surface area (Å²) in [5.41, 5.74) is 3.86. The molecular weight excluding hydrogens is 630 g/mol. The minimum Gasteiger partial charge on any atom is -0.352 e. The van der Waals surface area contributed by atoms with E-state index in [1.165, 1.54) is 4.90 Å². The number of nitrogens with one attached hydrogen (secondary N) is 1. The summed E-state index contributed by atoms with van der Waals surface area (Å²) in [6.45, 7) is 3.37. The van der Waals surface area contributed by atoms with Crippen LogP contribution in [-0.2, 0) is 32.6 Å². The van der Waals surface area contributed by atoms with Crippen molar-refractivity contribution in [2.75, 3.05) is 10.8 Å². The van der Waals surface area contributed by atoms with E-state index in [9.17, 15) is 18.0 Å². The van der Waals surface area contributed by atoms with Crippen molar-refractivity contribution in [1.82, 2.24) is 10.2 Å². The fraction of sp³-hybridized carbons (Fsp3) is 0.316. The van der Waals surface area contributed by atoms with E-state index < -0.39 is 28.5 Å². The van der Waals surface area contributed by atoms with Crippen LogP contribution >= 0.6 is 11.6 Å². The summed E-state index contributed by atoms with van der Waals surface area (Å²) in [4.78, 5) is 30.4. The van der Waals surface area contributed by atoms with Crippen LogP contribution < -0.4 is 9.62 Å². The molecule has 0 radical (unpaired) electrons. The zero-order chi connectivity index (χ0) is 33.4. The van der Waals surface area contributed by atoms with Gasteiger partial charge in [-0.05, 0) is 74.2 Å². The monoisotopic (exact) mass is 671 g/mol. The van der Waals surface area contributed by atoms with E-state index in [1.54, 1.807) is 54.6 Å². The predicted molar refractivity (Wildman–Crippen MR) is 188 cm³/mol. The molecule has 1 N–H and O–H groups in total. The first-order valence-electron chi connectivity index (χ1n) is 16.1. The van der Waals surface area contributed by atoms with Gasteiger partial charge in [-0.25, -0.2) is 8.42 Å². The van der Waals surface area contributed by atoms with Gasteiger partial charge in [-0.3, -0.25) is 13.9 Å². The molecule has 0 aliphatic heterocycles. The lowest BCUT2D eigenvalue weighted by atomic mass is 9.94. The first kappa shape index (κ1) is 34.2. The van der Waals surface area contributed by atoms with E-state index in [1.807, 2.05) is 62.4 Å². The van der Waals surface area contributed by atoms with E-state index >= 15 is 0 Å². The molecule has 9 heteroatoms. The first-order chi connectivity index (χ1) is 22.6. The Morgan fingerprint density at radius 2 is 1.43 bits per heavy atom. The lowest BCUT2D eigenvalue weighted by Crippen LogP contribution is -2.55. The number of carbonyl (C=O) groups is 2. The average Bonchev–Trinajstić information content (AvgIpc) is 3.06. The second-order valence-corrected chi connectivity index (χ2v) is 14.7. The Labute approximate surface area is 283 Å². The zero-order valence-electron chi connectivity index (χ0n) is 26.9. The Morgan fingerprint density at radius 1 is 0.809 bits per heavy atom. The van der Waals surface area contributed by atoms with E-state index in [0.717, 1.165) is 58.7 Å². The van der Waals surface area contributed by atoms with Crippen molar-refractivity contribution in [1.29, 1.82) is 0 Å². The second kappa shape index (κ2) is 15.6. The highest BCUT2D eigenvalue weighted by molar-refractivity contribution is 7.92. The van der Waals surface area contributed by atoms with Crippen LogP contribution in [-0.4, -0.2) is 43.8 Å². The minimum atomic E-state index is -4.16. The summed E-state index contributed by atoms with van der Waals surface area (Å²) in [6.07, 6.45) is 5.28. The Balaban J connectivity index is 1.56. The summed E-state index contributed by atoms with van der Waals surface area (Å²) >= 11 is 6.35. The maximum Gasteiger partial charge on any atom is 0.264 e. The smallest absolute Gasteiger partial charge is 0.264 e. The van der Waals surface area contributed by atoms with Gasteiger partial charge in [0, 0.05) is 24.0 Å². The Morgan fingerprint density at radius 3 is 2.06 bits per heavy atom. The number of aryl methyl sites for hydroxylation is 2. The highest BCUT2D eigenvalue weighted by Crippen LogP contribution is 2.26. The molecule has 4 aromatic carbocycles. The van der Waals surface area contributed by atoms with Crippen LogP contribution in [0.25, 0.3) is 0 Å². The number of halogens is 1. The fourth-order valence-electron chi connectivity index (χ4n) is 6.01. The molecule has 0 heterocycles. The van der Waals surface area contributed by atoms with Crippen molar-refractivity contribution in [3.05, 3.63) is 130 Å². The highest BCUT2D eigenvalue weighted by atomic mass is 35.5. The molecule has 1 saturated carbocycles. The number of benzene rings is 4. The molecule has 0 saturated heterocycles. The highest BCUT2D eigenvalue weighted by Gasteiger charge is 2.35. The Hall–Kier alpha value is -4.14. The third kappa shape index (κ3) is 9.02. The predicted octanol–water partition coefficient (Wildman–Crippen LogP) is 7.24. The summed E-state index contributed by atoms with van der Waals surface area (Å²) in [7, 11) is -4.16. The number of anilines is 1. The molecule has 47 heavy (non-hydrogen) atoms. The molecule has 1 atom stereocenters. The van der Waals surface area contributed by atoms with Crippen molar-refractivity contribution in [3.63, 3.8) is 0 Å². The van der Waals surface area contributed by atoms with E-state index in [0.29, 0.717) is 10.7 Å². The summed E-state index contributed by atoms with van der Waals surface area (Å²) in [5, 5.41) is 3.74. The van der Waals surface area contributed by atoms with Crippen molar-refractivity contribution < 1.29 is 18.0 Å². The van der Waals surface area contributed by atoms with E-state index in [2.05, 4.69) is 5.32 Å². The number of amides is 2. The maximum atomic E-state index is 14.7. The largest absolute Gasteiger partial charge is 0.352 e. The topological polar surface area (TPSA) is 86.8 Å². The number of rotatable bonds is 12. The van der Waals surface area contributed by atoms with Gasteiger partial charge in [-0.2, -0.15) is 0 Å². The van der Waals surface area contributed by atoms with Gasteiger partial charge in [-0.15, -0.1) is 0 Å². The third-order valence-corrected chi connectivity index (χ3v) is 10.7. The molecule has 1 aliphatic rings. The molecule has 7 nitrogen and oxygen atoms in total. The third-order valence-electron chi connectivity index (χ3n) is 8.67. The van der Waals surface area contributed by atoms with E-state index in [-0.39, 0.29) is 29.8 Å². The van der Waals surface area contributed by atoms with Crippen LogP contribution in [0.1, 0.15) is 54.4 Å². The fourth-order valence-corrected chi connectivity index (χ4v) is 7.63. The van der Waals surface area contributed by atoms with Gasteiger partial charge in [0.05, 0.1) is 10.6 Å². The SMILES string of the molecule is Cc1ccc(N(CC(=O)N(Cc2cccc(Cl)c2)C(Cc2ccccc2)C(=O)NC2CCCCC2)S(=O)(=O)c2ccc(C)cc2)cc1. The van der Waals surface area contributed by atoms with Gasteiger partial charge < -0.3 is 10.2 Å². The van der Waals surface area contributed by atoms with Gasteiger partial charge in [0.1, 0.15) is 12.6 Å². The number of carbonyl (C=O) groups excluding carboxylic acids is 2. The molecule has 1 unspecified atom stereocenters. The van der Waals surface area contributed by atoms with Crippen molar-refractivity contribution in [3.8, 4) is 0 Å². The molecule has 1 aliphatic carbocycles. The number of nitrogens with zero attached hydrogens (tertiary/aromatic N) is 2. The number of hydrogen-bond acceptors (Lipinski definition) is 4. The molecule has 0 bridgehead atoms. The van der Waals surface area contributed by atoms with Crippen LogP contribution in [0.15, 0.2) is 108 Å². The first-order valence-corrected chi connectivity index (χ1v) is 18.0. The summed E-state index contributed by atoms with van der Waals surface area (Å²) in [5.74, 6) is -0.750. The van der Waals surface area contributed by atoms with Crippen LogP contribution in [0.4, 0.5) is 5.69 Å². The molecule has 5 rings (SSSR count). The number of hydrogen-bond donors (Lipinski definition) is 1. The van der Waals surface area contributed by atoms with Crippen LogP contribution in [0.2, 0.25) is 5.02 Å². The van der Waals surface area contributed by atoms with Crippen LogP contribution in [0.3, 0.4) is 0 Å². The van der Waals surface area contributed by atoms with Gasteiger partial charge in [-0.1, -0.05) is 109 Å². The van der Waals surface area contributed by atoms with Gasteiger partial charge in [0.15, 0.2) is 0 Å². The van der Waals surface area contributed by atoms with Crippen LogP contribution in [0, 0.1) is 13.8 Å². The maximum absolute atomic E-state index is 14.7. The molecule has 1 fully saturated rings. The zero-order valence-corrected chi connectivity index (χ0v) is 28.5. The molecule has 0 aromatic heterocycles. The van der Waals surface area contributed by atoms with Gasteiger partial charge >= 0.3 is 0 Å². The summed E-state index contributed by atoms with van der Waals surface area (Å²) < 4.78 is 29.6. The molecule has 0 spiro atoms. The van der Waals surface area contributed by atoms with Crippen molar-refractivity contribution in [2.45, 2.75) is 75.9 Å². The Kier molecular flexibility index (Phi) is 11.4. The van der Waals surface area contributed by atoms with Crippen molar-refractivity contribution in [2.24, 2.45) is 0 Å². The average molecular weight is 672 g/mol. The van der Waals surface area contributed by atoms with E-state index in [4.69, 9.17) is 11.6 Å². The second-order valence-electron chi connectivity index (χ2n) is 12.4. The lowest BCUT2D eigenvalue weighted by Gasteiger charge is -2.35. The molecule has 4 aromatic rings. The van der Waals surface area contributed by atoms with Gasteiger partial charge in [0.25, 0.3) is 10.0 Å². The van der Waals surface area contributed by atoms with Gasteiger partial charge in [0.2, 0.25) is 11.8 Å². The standard InChI is InChI=1S/C38H42ClN3O4S/c1-28-16-20-34(21-17-28)42(47(45,46)35-22-18-29(2)19-23-35)27-37(43)41(26-31-12-9-13-32(39)24-31)36(25-30-10-5-3-6-11-30)38(44)40-33-14-7-4-8-15-33/h3,5-6,9-13,16-24,33,36H,4,7-8,14-15,25-27H2,1-2H3,(H,40,44). The summed E-state index contributed by atoms with van der Waals surface area (Å²) in [6, 6.07) is 29.5. The Bertz CT molecular complexity index is 1760. The minimum absolute atomic E-state index is 0.0311. The normalized spacial score (nSPS) is 14.3.